The second-order valence-corrected chi connectivity index (χ2v) is 10.0. The molecule has 3 atom stereocenters. The Morgan fingerprint density at radius 2 is 1.39 bits per heavy atom. The van der Waals surface area contributed by atoms with Gasteiger partial charge in [-0.05, 0) is 77.2 Å². The van der Waals surface area contributed by atoms with E-state index in [1.165, 1.54) is 23.8 Å². The molecule has 2 aliphatic rings. The zero-order valence-corrected chi connectivity index (χ0v) is 21.1. The molecule has 0 spiro atoms. The van der Waals surface area contributed by atoms with E-state index in [0.717, 1.165) is 22.5 Å². The van der Waals surface area contributed by atoms with E-state index in [1.54, 1.807) is 0 Å². The van der Waals surface area contributed by atoms with E-state index < -0.39 is 12.1 Å². The predicted octanol–water partition coefficient (Wildman–Crippen LogP) is 6.76. The van der Waals surface area contributed by atoms with Crippen LogP contribution in [0.5, 0.6) is 0 Å². The summed E-state index contributed by atoms with van der Waals surface area (Å²) >= 11 is 0. The number of aliphatic hydroxyl groups is 1. The molecule has 5 heteroatoms. The SMILES string of the molecule is CC1c2cc(/C(=C3\C(=O)c4ccc(C(=O)O)cc4C3O)c3ccccc3)ccc2N(c2ccccc2)C1C. The molecule has 0 aromatic heterocycles. The summed E-state index contributed by atoms with van der Waals surface area (Å²) in [5.74, 6) is -1.14. The minimum atomic E-state index is -1.22. The normalized spacial score (nSPS) is 21.3. The smallest absolute Gasteiger partial charge is 0.335 e. The molecule has 0 bridgehead atoms. The minimum absolute atomic E-state index is 0.0412. The van der Waals surface area contributed by atoms with Crippen LogP contribution in [0, 0.1) is 0 Å². The number of benzene rings is 4. The van der Waals surface area contributed by atoms with E-state index in [2.05, 4.69) is 43.0 Å². The lowest BCUT2D eigenvalue weighted by Gasteiger charge is -2.26. The first-order valence-corrected chi connectivity index (χ1v) is 12.7. The van der Waals surface area contributed by atoms with Crippen LogP contribution in [0.15, 0.2) is 103 Å². The maximum absolute atomic E-state index is 13.7. The molecule has 4 aromatic rings. The van der Waals surface area contributed by atoms with Gasteiger partial charge in [0, 0.05) is 34.5 Å². The Morgan fingerprint density at radius 3 is 2.08 bits per heavy atom. The van der Waals surface area contributed by atoms with Crippen LogP contribution in [0.4, 0.5) is 11.4 Å². The number of aromatic carboxylic acids is 1. The van der Waals surface area contributed by atoms with Crippen LogP contribution in [0.25, 0.3) is 5.57 Å². The second kappa shape index (κ2) is 9.12. The van der Waals surface area contributed by atoms with Crippen LogP contribution < -0.4 is 4.90 Å². The standard InChI is InChI=1S/C33H27NO4/c1-19-20(2)34(24-11-7-4-8-12-24)28-16-14-22(17-26(19)28)29(21-9-5-3-6-10-21)30-31(35)25-15-13-23(33(37)38)18-27(25)32(30)36/h3-20,32,36H,1-2H3,(H,37,38)/b30-29+. The molecule has 4 aromatic carbocycles. The third-order valence-corrected chi connectivity index (χ3v) is 7.92. The van der Waals surface area contributed by atoms with Gasteiger partial charge >= 0.3 is 5.97 Å². The van der Waals surface area contributed by atoms with Gasteiger partial charge in [-0.2, -0.15) is 0 Å². The highest BCUT2D eigenvalue weighted by molar-refractivity contribution is 6.19. The van der Waals surface area contributed by atoms with Crippen LogP contribution in [0.1, 0.15) is 68.8 Å². The van der Waals surface area contributed by atoms with Crippen LogP contribution in [-0.4, -0.2) is 28.0 Å². The molecule has 5 nitrogen and oxygen atoms in total. The van der Waals surface area contributed by atoms with Crippen molar-refractivity contribution in [1.82, 2.24) is 0 Å². The first kappa shape index (κ1) is 23.9. The molecule has 0 fully saturated rings. The lowest BCUT2D eigenvalue weighted by molar-refractivity contribution is 0.0696. The van der Waals surface area contributed by atoms with Crippen molar-refractivity contribution in [2.24, 2.45) is 0 Å². The molecule has 0 saturated carbocycles. The van der Waals surface area contributed by atoms with E-state index in [0.29, 0.717) is 16.7 Å². The fourth-order valence-electron chi connectivity index (χ4n) is 5.85. The van der Waals surface area contributed by atoms with Crippen molar-refractivity contribution >= 4 is 28.7 Å². The quantitative estimate of drug-likeness (QED) is 0.302. The summed E-state index contributed by atoms with van der Waals surface area (Å²) in [6.07, 6.45) is -1.22. The summed E-state index contributed by atoms with van der Waals surface area (Å²) in [4.78, 5) is 27.6. The van der Waals surface area contributed by atoms with Crippen molar-refractivity contribution in [1.29, 1.82) is 0 Å². The van der Waals surface area contributed by atoms with E-state index in [1.807, 2.05) is 54.6 Å². The van der Waals surface area contributed by atoms with Crippen LogP contribution in [0.2, 0.25) is 0 Å². The van der Waals surface area contributed by atoms with Gasteiger partial charge in [-0.15, -0.1) is 0 Å². The monoisotopic (exact) mass is 501 g/mol. The Balaban J connectivity index is 1.54. The molecule has 0 saturated heterocycles. The third-order valence-electron chi connectivity index (χ3n) is 7.92. The van der Waals surface area contributed by atoms with Crippen LogP contribution in [0.3, 0.4) is 0 Å². The molecule has 0 radical (unpaired) electrons. The maximum atomic E-state index is 13.7. The van der Waals surface area contributed by atoms with Gasteiger partial charge in [-0.1, -0.05) is 61.5 Å². The van der Waals surface area contributed by atoms with Gasteiger partial charge in [0.25, 0.3) is 0 Å². The Kier molecular flexibility index (Phi) is 5.73. The predicted molar refractivity (Wildman–Crippen MR) is 148 cm³/mol. The zero-order valence-electron chi connectivity index (χ0n) is 21.1. The summed E-state index contributed by atoms with van der Waals surface area (Å²) in [6.45, 7) is 4.43. The Bertz CT molecular complexity index is 1610. The molecule has 38 heavy (non-hydrogen) atoms. The van der Waals surface area contributed by atoms with E-state index in [-0.39, 0.29) is 28.9 Å². The topological polar surface area (TPSA) is 77.8 Å². The molecular formula is C33H27NO4. The molecule has 6 rings (SSSR count). The van der Waals surface area contributed by atoms with E-state index in [4.69, 9.17) is 0 Å². The highest BCUT2D eigenvalue weighted by Gasteiger charge is 2.38. The molecule has 188 valence electrons. The van der Waals surface area contributed by atoms with Crippen molar-refractivity contribution in [2.45, 2.75) is 31.9 Å². The largest absolute Gasteiger partial charge is 0.478 e. The third kappa shape index (κ3) is 3.66. The zero-order chi connectivity index (χ0) is 26.6. The number of carboxylic acids is 1. The summed E-state index contributed by atoms with van der Waals surface area (Å²) in [6, 6.07) is 30.7. The van der Waals surface area contributed by atoms with Gasteiger partial charge in [-0.25, -0.2) is 4.79 Å². The molecule has 1 heterocycles. The fourth-order valence-corrected chi connectivity index (χ4v) is 5.85. The molecule has 2 N–H and O–H groups in total. The highest BCUT2D eigenvalue weighted by atomic mass is 16.4. The number of anilines is 2. The lowest BCUT2D eigenvalue weighted by atomic mass is 9.87. The van der Waals surface area contributed by atoms with E-state index >= 15 is 0 Å². The Labute approximate surface area is 221 Å². The van der Waals surface area contributed by atoms with Crippen LogP contribution in [-0.2, 0) is 0 Å². The lowest BCUT2D eigenvalue weighted by Crippen LogP contribution is -2.25. The number of nitrogens with zero attached hydrogens (tertiary/aromatic N) is 1. The van der Waals surface area contributed by atoms with Crippen molar-refractivity contribution < 1.29 is 19.8 Å². The number of Topliss-reactive ketones (excluding diaryl/α,β-unsaturated/α-hetero) is 1. The van der Waals surface area contributed by atoms with Gasteiger partial charge in [0.15, 0.2) is 5.78 Å². The molecule has 3 unspecified atom stereocenters. The first-order valence-electron chi connectivity index (χ1n) is 12.7. The number of hydrogen-bond acceptors (Lipinski definition) is 4. The first-order chi connectivity index (χ1) is 18.4. The van der Waals surface area contributed by atoms with Crippen molar-refractivity contribution in [2.75, 3.05) is 4.90 Å². The number of carbonyl (C=O) groups is 2. The van der Waals surface area contributed by atoms with Gasteiger partial charge in [0.1, 0.15) is 6.10 Å². The number of ketones is 1. The molecule has 0 amide bonds. The summed E-state index contributed by atoms with van der Waals surface area (Å²) in [5, 5.41) is 20.9. The van der Waals surface area contributed by atoms with Gasteiger partial charge in [0.05, 0.1) is 5.56 Å². The maximum Gasteiger partial charge on any atom is 0.335 e. The van der Waals surface area contributed by atoms with E-state index in [9.17, 15) is 19.8 Å². The van der Waals surface area contributed by atoms with Gasteiger partial charge < -0.3 is 15.1 Å². The number of carboxylic acid groups (broad SMARTS) is 1. The number of fused-ring (bicyclic) bond motifs is 2. The Hall–Kier alpha value is -4.48. The number of para-hydroxylation sites is 1. The Morgan fingerprint density at radius 1 is 0.763 bits per heavy atom. The summed E-state index contributed by atoms with van der Waals surface area (Å²) in [5.41, 5.74) is 6.75. The number of rotatable bonds is 4. The molecular weight excluding hydrogens is 474 g/mol. The molecule has 1 aliphatic carbocycles. The molecule has 1 aliphatic heterocycles. The van der Waals surface area contributed by atoms with Gasteiger partial charge in [-0.3, -0.25) is 4.79 Å². The average Bonchev–Trinajstić information content (AvgIpc) is 3.34. The second-order valence-electron chi connectivity index (χ2n) is 10.0. The number of carbonyl (C=O) groups excluding carboxylic acids is 1. The fraction of sp³-hybridized carbons (Fsp3) is 0.152. The highest BCUT2D eigenvalue weighted by Crippen LogP contribution is 2.48. The minimum Gasteiger partial charge on any atom is -0.478 e. The average molecular weight is 502 g/mol. The van der Waals surface area contributed by atoms with Gasteiger partial charge in [0.2, 0.25) is 0 Å². The van der Waals surface area contributed by atoms with Crippen molar-refractivity contribution in [3.05, 3.63) is 136 Å². The number of hydrogen-bond donors (Lipinski definition) is 2. The van der Waals surface area contributed by atoms with Crippen LogP contribution >= 0.6 is 0 Å². The van der Waals surface area contributed by atoms with Crippen molar-refractivity contribution in [3.8, 4) is 0 Å². The summed E-state index contributed by atoms with van der Waals surface area (Å²) < 4.78 is 0. The number of aliphatic hydroxyl groups excluding tert-OH is 1. The van der Waals surface area contributed by atoms with Crippen molar-refractivity contribution in [3.63, 3.8) is 0 Å². The summed E-state index contributed by atoms with van der Waals surface area (Å²) in [7, 11) is 0.